The number of piperidine rings is 1. The highest BCUT2D eigenvalue weighted by Gasteiger charge is 2.09. The highest BCUT2D eigenvalue weighted by atomic mass is 16.5. The number of hydrogen-bond acceptors (Lipinski definition) is 4. The van der Waals surface area contributed by atoms with Gasteiger partial charge in [-0.15, -0.1) is 0 Å². The zero-order chi connectivity index (χ0) is 15.0. The number of likely N-dealkylation sites (tertiary alicyclic amines) is 1. The lowest BCUT2D eigenvalue weighted by Gasteiger charge is -2.26. The highest BCUT2D eigenvalue weighted by Crippen LogP contribution is 2.16. The first kappa shape index (κ1) is 15.0. The molecular formula is C18H23N3O. The average Bonchev–Trinajstić information content (AvgIpc) is 2.61. The quantitative estimate of drug-likeness (QED) is 0.766. The first-order chi connectivity index (χ1) is 10.9. The van der Waals surface area contributed by atoms with Crippen molar-refractivity contribution in [2.75, 3.05) is 26.2 Å². The summed E-state index contributed by atoms with van der Waals surface area (Å²) < 4.78 is 5.78. The molecular weight excluding hydrogens is 274 g/mol. The number of ether oxygens (including phenoxy) is 1. The SMILES string of the molecule is c1ccc(-c2nccc(OCCCN3CCCCC3)n2)cc1. The maximum Gasteiger partial charge on any atom is 0.216 e. The fourth-order valence-corrected chi connectivity index (χ4v) is 2.80. The predicted molar refractivity (Wildman–Crippen MR) is 87.9 cm³/mol. The molecule has 116 valence electrons. The molecule has 0 amide bonds. The van der Waals surface area contributed by atoms with Crippen molar-refractivity contribution in [3.8, 4) is 17.3 Å². The molecule has 4 nitrogen and oxygen atoms in total. The van der Waals surface area contributed by atoms with E-state index in [0.29, 0.717) is 18.3 Å². The van der Waals surface area contributed by atoms with Crippen molar-refractivity contribution in [2.45, 2.75) is 25.7 Å². The average molecular weight is 297 g/mol. The maximum atomic E-state index is 5.78. The molecule has 0 unspecified atom stereocenters. The molecule has 3 rings (SSSR count). The van der Waals surface area contributed by atoms with Crippen LogP contribution in [0, 0.1) is 0 Å². The summed E-state index contributed by atoms with van der Waals surface area (Å²) in [5.74, 6) is 1.38. The van der Waals surface area contributed by atoms with Gasteiger partial charge < -0.3 is 9.64 Å². The third-order valence-corrected chi connectivity index (χ3v) is 3.98. The molecule has 0 radical (unpaired) electrons. The van der Waals surface area contributed by atoms with Crippen LogP contribution in [0.15, 0.2) is 42.6 Å². The lowest BCUT2D eigenvalue weighted by Crippen LogP contribution is -2.31. The molecule has 0 bridgehead atoms. The third-order valence-electron chi connectivity index (χ3n) is 3.98. The van der Waals surface area contributed by atoms with Crippen molar-refractivity contribution in [3.05, 3.63) is 42.6 Å². The summed E-state index contributed by atoms with van der Waals surface area (Å²) in [6.07, 6.45) is 6.87. The van der Waals surface area contributed by atoms with Crippen LogP contribution in [-0.4, -0.2) is 41.1 Å². The summed E-state index contributed by atoms with van der Waals surface area (Å²) in [6, 6.07) is 11.8. The van der Waals surface area contributed by atoms with Crippen LogP contribution in [0.4, 0.5) is 0 Å². The summed E-state index contributed by atoms with van der Waals surface area (Å²) in [6.45, 7) is 4.32. The molecule has 2 aromatic rings. The summed E-state index contributed by atoms with van der Waals surface area (Å²) in [7, 11) is 0. The zero-order valence-corrected chi connectivity index (χ0v) is 12.9. The van der Waals surface area contributed by atoms with Gasteiger partial charge in [0.25, 0.3) is 0 Å². The number of hydrogen-bond donors (Lipinski definition) is 0. The van der Waals surface area contributed by atoms with Crippen LogP contribution in [0.2, 0.25) is 0 Å². The molecule has 1 saturated heterocycles. The van der Waals surface area contributed by atoms with E-state index in [1.165, 1.54) is 32.4 Å². The molecule has 1 aliphatic heterocycles. The maximum absolute atomic E-state index is 5.78. The van der Waals surface area contributed by atoms with Gasteiger partial charge >= 0.3 is 0 Å². The van der Waals surface area contributed by atoms with Gasteiger partial charge in [-0.25, -0.2) is 4.98 Å². The molecule has 0 saturated carbocycles. The second-order valence-corrected chi connectivity index (χ2v) is 5.69. The van der Waals surface area contributed by atoms with Gasteiger partial charge in [-0.05, 0) is 32.4 Å². The van der Waals surface area contributed by atoms with Crippen molar-refractivity contribution in [2.24, 2.45) is 0 Å². The summed E-state index contributed by atoms with van der Waals surface area (Å²) >= 11 is 0. The van der Waals surface area contributed by atoms with Crippen molar-refractivity contribution in [1.29, 1.82) is 0 Å². The Morgan fingerprint density at radius 2 is 1.82 bits per heavy atom. The molecule has 0 atom stereocenters. The summed E-state index contributed by atoms with van der Waals surface area (Å²) in [5, 5.41) is 0. The molecule has 2 heterocycles. The van der Waals surface area contributed by atoms with Crippen molar-refractivity contribution < 1.29 is 4.74 Å². The lowest BCUT2D eigenvalue weighted by molar-refractivity contribution is 0.203. The first-order valence-corrected chi connectivity index (χ1v) is 8.15. The Hall–Kier alpha value is -1.94. The normalized spacial score (nSPS) is 15.6. The van der Waals surface area contributed by atoms with E-state index in [9.17, 15) is 0 Å². The van der Waals surface area contributed by atoms with Gasteiger partial charge in [-0.2, -0.15) is 4.98 Å². The molecule has 1 fully saturated rings. The van der Waals surface area contributed by atoms with Crippen LogP contribution in [0.5, 0.6) is 5.88 Å². The van der Waals surface area contributed by atoms with E-state index in [1.54, 1.807) is 6.20 Å². The Bertz CT molecular complexity index is 568. The number of rotatable bonds is 6. The molecule has 0 N–H and O–H groups in total. The fraction of sp³-hybridized carbons (Fsp3) is 0.444. The van der Waals surface area contributed by atoms with E-state index >= 15 is 0 Å². The van der Waals surface area contributed by atoms with Gasteiger partial charge in [0.2, 0.25) is 5.88 Å². The molecule has 0 aliphatic carbocycles. The van der Waals surface area contributed by atoms with Crippen LogP contribution in [-0.2, 0) is 0 Å². The standard InChI is InChI=1S/C18H23N3O/c1-3-8-16(9-4-1)18-19-11-10-17(20-18)22-15-7-14-21-12-5-2-6-13-21/h1,3-4,8-11H,2,5-7,12-15H2. The largest absolute Gasteiger partial charge is 0.478 e. The molecule has 1 aromatic carbocycles. The van der Waals surface area contributed by atoms with Gasteiger partial charge in [-0.1, -0.05) is 36.8 Å². The van der Waals surface area contributed by atoms with E-state index in [1.807, 2.05) is 36.4 Å². The first-order valence-electron chi connectivity index (χ1n) is 8.15. The Morgan fingerprint density at radius 3 is 2.64 bits per heavy atom. The summed E-state index contributed by atoms with van der Waals surface area (Å²) in [4.78, 5) is 11.3. The second-order valence-electron chi connectivity index (χ2n) is 5.69. The predicted octanol–water partition coefficient (Wildman–Crippen LogP) is 3.40. The molecule has 0 spiro atoms. The molecule has 1 aliphatic rings. The number of nitrogens with zero attached hydrogens (tertiary/aromatic N) is 3. The van der Waals surface area contributed by atoms with Gasteiger partial charge in [-0.3, -0.25) is 0 Å². The number of aromatic nitrogens is 2. The van der Waals surface area contributed by atoms with E-state index in [4.69, 9.17) is 4.74 Å². The minimum absolute atomic E-state index is 0.660. The van der Waals surface area contributed by atoms with Crippen LogP contribution >= 0.6 is 0 Å². The van der Waals surface area contributed by atoms with Gasteiger partial charge in [0.1, 0.15) is 0 Å². The van der Waals surface area contributed by atoms with Crippen LogP contribution in [0.3, 0.4) is 0 Å². The Balaban J connectivity index is 1.48. The van der Waals surface area contributed by atoms with Crippen LogP contribution in [0.25, 0.3) is 11.4 Å². The Morgan fingerprint density at radius 1 is 1.00 bits per heavy atom. The van der Waals surface area contributed by atoms with E-state index in [2.05, 4.69) is 14.9 Å². The van der Waals surface area contributed by atoms with Crippen LogP contribution in [0.1, 0.15) is 25.7 Å². The smallest absolute Gasteiger partial charge is 0.216 e. The van der Waals surface area contributed by atoms with E-state index < -0.39 is 0 Å². The van der Waals surface area contributed by atoms with Gasteiger partial charge in [0, 0.05) is 24.4 Å². The highest BCUT2D eigenvalue weighted by molar-refractivity contribution is 5.54. The van der Waals surface area contributed by atoms with Crippen molar-refractivity contribution in [3.63, 3.8) is 0 Å². The fourth-order valence-electron chi connectivity index (χ4n) is 2.80. The molecule has 1 aromatic heterocycles. The molecule has 22 heavy (non-hydrogen) atoms. The zero-order valence-electron chi connectivity index (χ0n) is 12.9. The molecule has 4 heteroatoms. The second kappa shape index (κ2) is 7.90. The topological polar surface area (TPSA) is 38.2 Å². The third kappa shape index (κ3) is 4.28. The van der Waals surface area contributed by atoms with Gasteiger partial charge in [0.05, 0.1) is 6.61 Å². The lowest BCUT2D eigenvalue weighted by atomic mass is 10.1. The Labute approximate surface area is 132 Å². The monoisotopic (exact) mass is 297 g/mol. The minimum Gasteiger partial charge on any atom is -0.478 e. The van der Waals surface area contributed by atoms with E-state index in [0.717, 1.165) is 18.5 Å². The van der Waals surface area contributed by atoms with Crippen molar-refractivity contribution in [1.82, 2.24) is 14.9 Å². The summed E-state index contributed by atoms with van der Waals surface area (Å²) in [5.41, 5.74) is 1.02. The van der Waals surface area contributed by atoms with Crippen LogP contribution < -0.4 is 4.74 Å². The van der Waals surface area contributed by atoms with Gasteiger partial charge in [0.15, 0.2) is 5.82 Å². The Kier molecular flexibility index (Phi) is 5.37. The number of benzene rings is 1. The van der Waals surface area contributed by atoms with E-state index in [-0.39, 0.29) is 0 Å². The van der Waals surface area contributed by atoms with Crippen molar-refractivity contribution >= 4 is 0 Å². The minimum atomic E-state index is 0.660.